The van der Waals surface area contributed by atoms with Gasteiger partial charge in [0.05, 0.1) is 16.0 Å². The van der Waals surface area contributed by atoms with Crippen molar-refractivity contribution < 1.29 is 4.92 Å². The van der Waals surface area contributed by atoms with Gasteiger partial charge in [0.1, 0.15) is 10.9 Å². The van der Waals surface area contributed by atoms with E-state index in [1.165, 1.54) is 6.07 Å². The maximum absolute atomic E-state index is 10.7. The summed E-state index contributed by atoms with van der Waals surface area (Å²) in [6.07, 6.45) is 0. The summed E-state index contributed by atoms with van der Waals surface area (Å²) in [6.45, 7) is 0. The van der Waals surface area contributed by atoms with Gasteiger partial charge in [-0.2, -0.15) is 5.26 Å². The number of nitro groups is 1. The number of benzene rings is 1. The highest BCUT2D eigenvalue weighted by molar-refractivity contribution is 7.20. The van der Waals surface area contributed by atoms with Crippen LogP contribution in [0.1, 0.15) is 4.88 Å². The molecule has 74 valence electrons. The molecule has 2 rings (SSSR count). The molecule has 0 aliphatic rings. The number of nitro benzene ring substituents is 1. The molecule has 0 radical (unpaired) electrons. The predicted molar refractivity (Wildman–Crippen MR) is 57.6 cm³/mol. The number of nitriles is 1. The average Bonchev–Trinajstić information content (AvgIpc) is 2.55. The molecule has 0 aliphatic heterocycles. The molecule has 0 bridgehead atoms. The molecule has 15 heavy (non-hydrogen) atoms. The molecule has 1 aromatic heterocycles. The highest BCUT2D eigenvalue weighted by atomic mass is 32.1. The number of nitrogens with zero attached hydrogens (tertiary/aromatic N) is 2. The van der Waals surface area contributed by atoms with Crippen molar-refractivity contribution in [3.05, 3.63) is 33.2 Å². The predicted octanol–water partition coefficient (Wildman–Crippen LogP) is 2.26. The van der Waals surface area contributed by atoms with Gasteiger partial charge in [-0.25, -0.2) is 0 Å². The summed E-state index contributed by atoms with van der Waals surface area (Å²) < 4.78 is 0.665. The number of non-ortho nitro benzene ring substituents is 1. The first-order valence-corrected chi connectivity index (χ1v) is 4.82. The quantitative estimate of drug-likeness (QED) is 0.588. The van der Waals surface area contributed by atoms with Gasteiger partial charge in [0.15, 0.2) is 0 Å². The summed E-state index contributed by atoms with van der Waals surface area (Å²) >= 11 is 1.16. The number of hydrogen-bond donors (Lipinski definition) is 1. The minimum Gasteiger partial charge on any atom is -0.396 e. The molecule has 0 atom stereocenters. The summed E-state index contributed by atoms with van der Waals surface area (Å²) in [5, 5.41) is 19.9. The first-order chi connectivity index (χ1) is 7.15. The Hall–Kier alpha value is -2.13. The molecule has 1 aromatic carbocycles. The van der Waals surface area contributed by atoms with E-state index in [1.807, 2.05) is 6.07 Å². The number of thiophene rings is 1. The second-order valence-electron chi connectivity index (χ2n) is 2.86. The lowest BCUT2D eigenvalue weighted by molar-refractivity contribution is -0.383. The van der Waals surface area contributed by atoms with Crippen molar-refractivity contribution in [3.8, 4) is 6.07 Å². The molecule has 2 aromatic rings. The topological polar surface area (TPSA) is 92.9 Å². The summed E-state index contributed by atoms with van der Waals surface area (Å²) in [7, 11) is 0. The number of anilines is 1. The first-order valence-electron chi connectivity index (χ1n) is 4.00. The van der Waals surface area contributed by atoms with Gasteiger partial charge in [0, 0.05) is 10.8 Å². The van der Waals surface area contributed by atoms with Crippen LogP contribution in [0.2, 0.25) is 0 Å². The Morgan fingerprint density at radius 1 is 1.53 bits per heavy atom. The van der Waals surface area contributed by atoms with Gasteiger partial charge in [0.2, 0.25) is 0 Å². The second-order valence-corrected chi connectivity index (χ2v) is 3.92. The van der Waals surface area contributed by atoms with E-state index in [2.05, 4.69) is 0 Å². The van der Waals surface area contributed by atoms with Crippen LogP contribution in [0.3, 0.4) is 0 Å². The molecule has 2 N–H and O–H groups in total. The lowest BCUT2D eigenvalue weighted by atomic mass is 10.2. The van der Waals surface area contributed by atoms with Gasteiger partial charge in [-0.3, -0.25) is 10.1 Å². The SMILES string of the molecule is N#Cc1sc2cccc([N+](=O)[O-])c2c1N. The maximum Gasteiger partial charge on any atom is 0.280 e. The molecule has 5 nitrogen and oxygen atoms in total. The number of nitrogen functional groups attached to an aromatic ring is 1. The van der Waals surface area contributed by atoms with Gasteiger partial charge < -0.3 is 5.73 Å². The molecular weight excluding hydrogens is 214 g/mol. The number of fused-ring (bicyclic) bond motifs is 1. The van der Waals surface area contributed by atoms with Crippen LogP contribution in [0.25, 0.3) is 10.1 Å². The van der Waals surface area contributed by atoms with E-state index in [1.54, 1.807) is 12.1 Å². The van der Waals surface area contributed by atoms with Crippen molar-refractivity contribution in [3.63, 3.8) is 0 Å². The Morgan fingerprint density at radius 2 is 2.27 bits per heavy atom. The van der Waals surface area contributed by atoms with Gasteiger partial charge >= 0.3 is 0 Å². The number of hydrogen-bond acceptors (Lipinski definition) is 5. The van der Waals surface area contributed by atoms with E-state index in [-0.39, 0.29) is 11.4 Å². The van der Waals surface area contributed by atoms with Crippen LogP contribution in [-0.2, 0) is 0 Å². The molecule has 0 aliphatic carbocycles. The van der Waals surface area contributed by atoms with E-state index in [0.29, 0.717) is 15.0 Å². The molecule has 0 amide bonds. The summed E-state index contributed by atoms with van der Waals surface area (Å²) in [5.74, 6) is 0. The molecule has 0 unspecified atom stereocenters. The second kappa shape index (κ2) is 3.22. The van der Waals surface area contributed by atoms with E-state index in [0.717, 1.165) is 11.3 Å². The molecule has 0 spiro atoms. The zero-order chi connectivity index (χ0) is 11.0. The fourth-order valence-corrected chi connectivity index (χ4v) is 2.33. The third-order valence-corrected chi connectivity index (χ3v) is 3.10. The van der Waals surface area contributed by atoms with Crippen molar-refractivity contribution in [1.29, 1.82) is 5.26 Å². The summed E-state index contributed by atoms with van der Waals surface area (Å²) in [6, 6.07) is 6.60. The van der Waals surface area contributed by atoms with Crippen LogP contribution >= 0.6 is 11.3 Å². The largest absolute Gasteiger partial charge is 0.396 e. The molecule has 0 fully saturated rings. The van der Waals surface area contributed by atoms with E-state index < -0.39 is 4.92 Å². The highest BCUT2D eigenvalue weighted by Gasteiger charge is 2.18. The van der Waals surface area contributed by atoms with Crippen molar-refractivity contribution in [2.45, 2.75) is 0 Å². The lowest BCUT2D eigenvalue weighted by Gasteiger charge is -1.94. The highest BCUT2D eigenvalue weighted by Crippen LogP contribution is 2.38. The van der Waals surface area contributed by atoms with Crippen LogP contribution in [0.5, 0.6) is 0 Å². The fourth-order valence-electron chi connectivity index (χ4n) is 1.39. The lowest BCUT2D eigenvalue weighted by Crippen LogP contribution is -1.91. The van der Waals surface area contributed by atoms with Crippen LogP contribution in [0.15, 0.2) is 18.2 Å². The minimum atomic E-state index is -0.493. The number of nitrogens with two attached hydrogens (primary N) is 1. The molecule has 0 saturated heterocycles. The third-order valence-electron chi connectivity index (χ3n) is 2.03. The van der Waals surface area contributed by atoms with Gasteiger partial charge in [-0.05, 0) is 6.07 Å². The van der Waals surface area contributed by atoms with Crippen LogP contribution in [0.4, 0.5) is 11.4 Å². The van der Waals surface area contributed by atoms with Crippen molar-refractivity contribution >= 4 is 32.8 Å². The Labute approximate surface area is 88.5 Å². The Kier molecular flexibility index (Phi) is 2.02. The fraction of sp³-hybridized carbons (Fsp3) is 0. The zero-order valence-electron chi connectivity index (χ0n) is 7.43. The van der Waals surface area contributed by atoms with E-state index in [4.69, 9.17) is 11.0 Å². The van der Waals surface area contributed by atoms with Crippen molar-refractivity contribution in [2.75, 3.05) is 5.73 Å². The minimum absolute atomic E-state index is 0.0530. The average molecular weight is 219 g/mol. The maximum atomic E-state index is 10.7. The Balaban J connectivity index is 2.92. The van der Waals surface area contributed by atoms with Gasteiger partial charge in [-0.1, -0.05) is 6.07 Å². The smallest absolute Gasteiger partial charge is 0.280 e. The summed E-state index contributed by atoms with van der Waals surface area (Å²) in [5.41, 5.74) is 5.82. The van der Waals surface area contributed by atoms with E-state index >= 15 is 0 Å². The normalized spacial score (nSPS) is 10.1. The molecule has 1 heterocycles. The van der Waals surface area contributed by atoms with Gasteiger partial charge in [-0.15, -0.1) is 11.3 Å². The third kappa shape index (κ3) is 1.30. The van der Waals surface area contributed by atoms with E-state index in [9.17, 15) is 10.1 Å². The van der Waals surface area contributed by atoms with Crippen LogP contribution < -0.4 is 5.73 Å². The van der Waals surface area contributed by atoms with Crippen LogP contribution in [0, 0.1) is 21.4 Å². The molecule has 0 saturated carbocycles. The van der Waals surface area contributed by atoms with Crippen molar-refractivity contribution in [2.24, 2.45) is 0 Å². The molecular formula is C9H5N3O2S. The van der Waals surface area contributed by atoms with Crippen molar-refractivity contribution in [1.82, 2.24) is 0 Å². The monoisotopic (exact) mass is 219 g/mol. The van der Waals surface area contributed by atoms with Crippen LogP contribution in [-0.4, -0.2) is 4.92 Å². The summed E-state index contributed by atoms with van der Waals surface area (Å²) in [4.78, 5) is 10.6. The first kappa shape index (κ1) is 9.43. The number of rotatable bonds is 1. The zero-order valence-corrected chi connectivity index (χ0v) is 8.25. The Morgan fingerprint density at radius 3 is 2.87 bits per heavy atom. The van der Waals surface area contributed by atoms with Gasteiger partial charge in [0.25, 0.3) is 5.69 Å². The molecule has 6 heteroatoms. The standard InChI is InChI=1S/C9H5N3O2S/c10-4-7-9(11)8-5(12(13)14)2-1-3-6(8)15-7/h1-3H,11H2. The Bertz CT molecular complexity index is 597.